The zero-order chi connectivity index (χ0) is 13.1. The largest absolute Gasteiger partial charge is 0.330 e. The van der Waals surface area contributed by atoms with Crippen molar-refractivity contribution in [3.8, 4) is 6.07 Å². The molecule has 1 aromatic carbocycles. The lowest BCUT2D eigenvalue weighted by molar-refractivity contribution is -0.116. The van der Waals surface area contributed by atoms with Crippen molar-refractivity contribution in [1.82, 2.24) is 0 Å². The molecule has 1 aliphatic heterocycles. The van der Waals surface area contributed by atoms with E-state index in [0.717, 1.165) is 22.6 Å². The van der Waals surface area contributed by atoms with E-state index >= 15 is 0 Å². The average molecular weight is 261 g/mol. The molecule has 1 aliphatic rings. The van der Waals surface area contributed by atoms with Crippen LogP contribution in [0.25, 0.3) is 0 Å². The Balaban J connectivity index is 2.43. The minimum absolute atomic E-state index is 0.00792. The molecule has 0 radical (unpaired) electrons. The molecule has 94 valence electrons. The molecule has 2 N–H and O–H groups in total. The van der Waals surface area contributed by atoms with Crippen LogP contribution < -0.4 is 10.6 Å². The highest BCUT2D eigenvalue weighted by Crippen LogP contribution is 2.37. The number of carbonyl (C=O) groups is 1. The van der Waals surface area contributed by atoms with Crippen LogP contribution >= 0.6 is 11.8 Å². The lowest BCUT2D eigenvalue weighted by Gasteiger charge is -2.31. The highest BCUT2D eigenvalue weighted by atomic mass is 32.2. The van der Waals surface area contributed by atoms with E-state index in [0.29, 0.717) is 12.3 Å². The van der Waals surface area contributed by atoms with Crippen LogP contribution in [0.3, 0.4) is 0 Å². The van der Waals surface area contributed by atoms with E-state index < -0.39 is 6.04 Å². The summed E-state index contributed by atoms with van der Waals surface area (Å²) in [4.78, 5) is 14.6. The van der Waals surface area contributed by atoms with Crippen molar-refractivity contribution in [2.45, 2.75) is 24.3 Å². The highest BCUT2D eigenvalue weighted by molar-refractivity contribution is 8.00. The van der Waals surface area contributed by atoms with Crippen LogP contribution in [0.2, 0.25) is 0 Å². The van der Waals surface area contributed by atoms with Gasteiger partial charge in [-0.3, -0.25) is 9.69 Å². The molecule has 0 fully saturated rings. The van der Waals surface area contributed by atoms with Crippen LogP contribution in [-0.2, 0) is 11.2 Å². The molecule has 5 heteroatoms. The van der Waals surface area contributed by atoms with Gasteiger partial charge in [-0.25, -0.2) is 0 Å². The van der Waals surface area contributed by atoms with Gasteiger partial charge >= 0.3 is 0 Å². The van der Waals surface area contributed by atoms with E-state index in [1.165, 1.54) is 11.8 Å². The number of nitriles is 1. The Kier molecular flexibility index (Phi) is 3.90. The third-order valence-corrected chi connectivity index (χ3v) is 3.96. The van der Waals surface area contributed by atoms with Crippen molar-refractivity contribution < 1.29 is 4.79 Å². The fourth-order valence-electron chi connectivity index (χ4n) is 2.02. The number of carbonyl (C=O) groups excluding carboxylic acids is 1. The van der Waals surface area contributed by atoms with Crippen LogP contribution in [0.5, 0.6) is 0 Å². The van der Waals surface area contributed by atoms with Gasteiger partial charge in [0.05, 0.1) is 17.5 Å². The first kappa shape index (κ1) is 12.9. The van der Waals surface area contributed by atoms with Crippen molar-refractivity contribution in [1.29, 1.82) is 5.26 Å². The lowest BCUT2D eigenvalue weighted by atomic mass is 10.1. The molecule has 0 spiro atoms. The lowest BCUT2D eigenvalue weighted by Crippen LogP contribution is -2.41. The average Bonchev–Trinajstić information content (AvgIpc) is 2.38. The summed E-state index contributed by atoms with van der Waals surface area (Å²) in [6.07, 6.45) is 0.779. The quantitative estimate of drug-likeness (QED) is 0.896. The van der Waals surface area contributed by atoms with Crippen LogP contribution in [0, 0.1) is 11.3 Å². The Bertz CT molecular complexity index is 509. The Morgan fingerprint density at radius 3 is 3.06 bits per heavy atom. The first-order valence-corrected chi connectivity index (χ1v) is 6.83. The number of amides is 1. The maximum atomic E-state index is 12.0. The van der Waals surface area contributed by atoms with Gasteiger partial charge in [0.2, 0.25) is 5.91 Å². The fraction of sp³-hybridized carbons (Fsp3) is 0.385. The van der Waals surface area contributed by atoms with Gasteiger partial charge in [0.25, 0.3) is 0 Å². The second-order valence-electron chi connectivity index (χ2n) is 4.20. The number of hydrogen-bond acceptors (Lipinski definition) is 4. The Labute approximate surface area is 111 Å². The zero-order valence-corrected chi connectivity index (χ0v) is 11.0. The molecule has 0 saturated carbocycles. The summed E-state index contributed by atoms with van der Waals surface area (Å²) in [5.41, 5.74) is 7.49. The van der Waals surface area contributed by atoms with Crippen LogP contribution in [-0.4, -0.2) is 24.2 Å². The fourth-order valence-corrected chi connectivity index (χ4v) is 2.91. The van der Waals surface area contributed by atoms with Gasteiger partial charge in [0.15, 0.2) is 0 Å². The molecule has 2 rings (SSSR count). The van der Waals surface area contributed by atoms with Gasteiger partial charge in [-0.05, 0) is 37.6 Å². The number of benzene rings is 1. The highest BCUT2D eigenvalue weighted by Gasteiger charge is 2.28. The first-order valence-electron chi connectivity index (χ1n) is 5.85. The monoisotopic (exact) mass is 261 g/mol. The van der Waals surface area contributed by atoms with Crippen LogP contribution in [0.4, 0.5) is 5.69 Å². The molecular weight excluding hydrogens is 246 g/mol. The van der Waals surface area contributed by atoms with Crippen LogP contribution in [0.15, 0.2) is 23.1 Å². The number of rotatable bonds is 3. The van der Waals surface area contributed by atoms with E-state index in [1.54, 1.807) is 11.8 Å². The maximum Gasteiger partial charge on any atom is 0.238 e. The topological polar surface area (TPSA) is 70.1 Å². The summed E-state index contributed by atoms with van der Waals surface area (Å²) < 4.78 is 0. The summed E-state index contributed by atoms with van der Waals surface area (Å²) in [5.74, 6) is 0.390. The van der Waals surface area contributed by atoms with Crippen molar-refractivity contribution >= 4 is 23.4 Å². The Morgan fingerprint density at radius 2 is 2.39 bits per heavy atom. The molecule has 1 heterocycles. The molecule has 18 heavy (non-hydrogen) atoms. The second-order valence-corrected chi connectivity index (χ2v) is 5.22. The molecule has 1 atom stereocenters. The van der Waals surface area contributed by atoms with Gasteiger partial charge in [0.1, 0.15) is 6.04 Å². The summed E-state index contributed by atoms with van der Waals surface area (Å²) >= 11 is 1.52. The van der Waals surface area contributed by atoms with Gasteiger partial charge < -0.3 is 5.73 Å². The number of nitrogens with zero attached hydrogens (tertiary/aromatic N) is 2. The molecule has 1 unspecified atom stereocenters. The predicted octanol–water partition coefficient (Wildman–Crippen LogP) is 1.54. The minimum atomic E-state index is -0.440. The molecule has 4 nitrogen and oxygen atoms in total. The summed E-state index contributed by atoms with van der Waals surface area (Å²) in [6, 6.07) is 7.70. The van der Waals surface area contributed by atoms with Gasteiger partial charge in [-0.15, -0.1) is 11.8 Å². The van der Waals surface area contributed by atoms with E-state index in [9.17, 15) is 4.79 Å². The molecule has 0 saturated heterocycles. The number of hydrogen-bond donors (Lipinski definition) is 1. The SMILES string of the molecule is CC(C#N)N1C(=O)CSc2ccc(CCN)cc21. The van der Waals surface area contributed by atoms with Gasteiger partial charge in [-0.1, -0.05) is 6.07 Å². The summed E-state index contributed by atoms with van der Waals surface area (Å²) in [5, 5.41) is 9.03. The zero-order valence-electron chi connectivity index (χ0n) is 10.2. The van der Waals surface area contributed by atoms with Crippen molar-refractivity contribution in [2.75, 3.05) is 17.2 Å². The van der Waals surface area contributed by atoms with Crippen molar-refractivity contribution in [3.63, 3.8) is 0 Å². The van der Waals surface area contributed by atoms with Gasteiger partial charge in [0, 0.05) is 4.90 Å². The summed E-state index contributed by atoms with van der Waals surface area (Å²) in [6.45, 7) is 2.32. The predicted molar refractivity (Wildman–Crippen MR) is 72.5 cm³/mol. The number of thioether (sulfide) groups is 1. The molecule has 1 aromatic rings. The normalized spacial score (nSPS) is 16.1. The molecular formula is C13H15N3OS. The number of anilines is 1. The maximum absolute atomic E-state index is 12.0. The van der Waals surface area contributed by atoms with Crippen molar-refractivity contribution in [3.05, 3.63) is 23.8 Å². The van der Waals surface area contributed by atoms with E-state index in [2.05, 4.69) is 6.07 Å². The molecule has 0 bridgehead atoms. The smallest absolute Gasteiger partial charge is 0.238 e. The number of nitrogens with two attached hydrogens (primary N) is 1. The number of fused-ring (bicyclic) bond motifs is 1. The second kappa shape index (κ2) is 5.42. The molecule has 1 amide bonds. The summed E-state index contributed by atoms with van der Waals surface area (Å²) in [7, 11) is 0. The van der Waals surface area contributed by atoms with Crippen molar-refractivity contribution in [2.24, 2.45) is 5.73 Å². The standard InChI is InChI=1S/C13H15N3OS/c1-9(7-15)16-11-6-10(4-5-14)2-3-12(11)18-8-13(16)17/h2-3,6,9H,4-5,8,14H2,1H3. The van der Waals surface area contributed by atoms with Gasteiger partial charge in [-0.2, -0.15) is 5.26 Å². The first-order chi connectivity index (χ1) is 8.67. The third-order valence-electron chi connectivity index (χ3n) is 2.91. The van der Waals surface area contributed by atoms with Crippen LogP contribution in [0.1, 0.15) is 12.5 Å². The molecule has 0 aromatic heterocycles. The Morgan fingerprint density at radius 1 is 1.61 bits per heavy atom. The Hall–Kier alpha value is -1.51. The van der Waals surface area contributed by atoms with E-state index in [4.69, 9.17) is 11.0 Å². The third kappa shape index (κ3) is 2.35. The minimum Gasteiger partial charge on any atom is -0.330 e. The van der Waals surface area contributed by atoms with E-state index in [-0.39, 0.29) is 5.91 Å². The molecule has 0 aliphatic carbocycles. The van der Waals surface area contributed by atoms with E-state index in [1.807, 2.05) is 18.2 Å².